The van der Waals surface area contributed by atoms with Gasteiger partial charge in [0.15, 0.2) is 0 Å². The van der Waals surface area contributed by atoms with Crippen molar-refractivity contribution in [3.8, 4) is 0 Å². The predicted molar refractivity (Wildman–Crippen MR) is 107 cm³/mol. The first-order valence-corrected chi connectivity index (χ1v) is 11.7. The zero-order valence-electron chi connectivity index (χ0n) is 16.0. The quantitative estimate of drug-likeness (QED) is 0.574. The van der Waals surface area contributed by atoms with Crippen LogP contribution in [0.25, 0.3) is 0 Å². The van der Waals surface area contributed by atoms with E-state index >= 15 is 0 Å². The fourth-order valence-electron chi connectivity index (χ4n) is 4.27. The highest BCUT2D eigenvalue weighted by atomic mass is 32.2. The van der Waals surface area contributed by atoms with E-state index in [2.05, 4.69) is 10.2 Å². The molecule has 154 valence electrons. The van der Waals surface area contributed by atoms with Crippen molar-refractivity contribution in [1.82, 2.24) is 9.21 Å². The molecule has 3 fully saturated rings. The van der Waals surface area contributed by atoms with Gasteiger partial charge in [-0.2, -0.15) is 4.31 Å². The maximum absolute atomic E-state index is 13.0. The molecule has 1 aliphatic carbocycles. The maximum atomic E-state index is 13.0. The van der Waals surface area contributed by atoms with E-state index in [-0.39, 0.29) is 16.6 Å². The van der Waals surface area contributed by atoms with E-state index in [1.54, 1.807) is 6.07 Å². The molecule has 1 N–H and O–H groups in total. The summed E-state index contributed by atoms with van der Waals surface area (Å²) in [6.45, 7) is 2.86. The van der Waals surface area contributed by atoms with Gasteiger partial charge in [0.05, 0.1) is 9.82 Å². The Morgan fingerprint density at radius 2 is 1.75 bits per heavy atom. The fourth-order valence-corrected chi connectivity index (χ4v) is 5.81. The summed E-state index contributed by atoms with van der Waals surface area (Å²) >= 11 is 0. The molecule has 1 atom stereocenters. The molecule has 2 heterocycles. The molecule has 9 heteroatoms. The van der Waals surface area contributed by atoms with Gasteiger partial charge < -0.3 is 5.32 Å². The minimum absolute atomic E-state index is 0.0117. The fraction of sp³-hybridized carbons (Fsp3) is 0.684. The van der Waals surface area contributed by atoms with Gasteiger partial charge in [0.25, 0.3) is 5.69 Å². The Hall–Kier alpha value is -1.71. The highest BCUT2D eigenvalue weighted by Crippen LogP contribution is 2.33. The number of hydrogen-bond acceptors (Lipinski definition) is 6. The van der Waals surface area contributed by atoms with Crippen molar-refractivity contribution in [1.29, 1.82) is 0 Å². The number of nitro benzene ring substituents is 1. The van der Waals surface area contributed by atoms with Crippen LogP contribution in [0.1, 0.15) is 44.9 Å². The van der Waals surface area contributed by atoms with Gasteiger partial charge in [0.1, 0.15) is 5.69 Å². The van der Waals surface area contributed by atoms with Crippen molar-refractivity contribution >= 4 is 21.4 Å². The minimum Gasteiger partial charge on any atom is -0.375 e. The van der Waals surface area contributed by atoms with Crippen LogP contribution >= 0.6 is 0 Å². The Balaban J connectivity index is 1.53. The van der Waals surface area contributed by atoms with Gasteiger partial charge in [0, 0.05) is 44.3 Å². The number of rotatable bonds is 6. The third kappa shape index (κ3) is 4.16. The van der Waals surface area contributed by atoms with Gasteiger partial charge in [0.2, 0.25) is 10.0 Å². The lowest BCUT2D eigenvalue weighted by Crippen LogP contribution is -2.32. The van der Waals surface area contributed by atoms with E-state index in [1.807, 2.05) is 0 Å². The molecule has 0 amide bonds. The molecule has 1 unspecified atom stereocenters. The summed E-state index contributed by atoms with van der Waals surface area (Å²) in [4.78, 5) is 13.6. The lowest BCUT2D eigenvalue weighted by molar-refractivity contribution is -0.384. The summed E-state index contributed by atoms with van der Waals surface area (Å²) in [6, 6.07) is 5.12. The zero-order chi connectivity index (χ0) is 19.7. The van der Waals surface area contributed by atoms with Crippen LogP contribution in [0.15, 0.2) is 23.1 Å². The summed E-state index contributed by atoms with van der Waals surface area (Å²) < 4.78 is 27.4. The standard InChI is InChI=1S/C19H28N4O4S/c24-23(25)19-13-17(28(26,27)22-10-3-1-2-4-11-22)7-8-18(19)20-15-9-12-21(14-15)16-5-6-16/h7-8,13,15-16,20H,1-6,9-12,14H2. The molecule has 4 rings (SSSR count). The van der Waals surface area contributed by atoms with Crippen LogP contribution in [-0.4, -0.2) is 60.8 Å². The summed E-state index contributed by atoms with van der Waals surface area (Å²) in [5.41, 5.74) is 0.239. The lowest BCUT2D eigenvalue weighted by Gasteiger charge is -2.20. The van der Waals surface area contributed by atoms with E-state index in [1.165, 1.54) is 29.3 Å². The Morgan fingerprint density at radius 3 is 2.39 bits per heavy atom. The van der Waals surface area contributed by atoms with E-state index in [4.69, 9.17) is 0 Å². The summed E-state index contributed by atoms with van der Waals surface area (Å²) in [7, 11) is -3.70. The van der Waals surface area contributed by atoms with Crippen LogP contribution in [0.4, 0.5) is 11.4 Å². The number of anilines is 1. The first-order valence-electron chi connectivity index (χ1n) is 10.2. The average Bonchev–Trinajstić information content (AvgIpc) is 3.46. The number of nitro groups is 1. The van der Waals surface area contributed by atoms with Crippen LogP contribution in [0.3, 0.4) is 0 Å². The third-order valence-corrected chi connectivity index (χ3v) is 7.91. The zero-order valence-corrected chi connectivity index (χ0v) is 16.9. The molecule has 3 aliphatic rings. The molecule has 0 aromatic heterocycles. The molecular weight excluding hydrogens is 380 g/mol. The molecular formula is C19H28N4O4S. The number of hydrogen-bond donors (Lipinski definition) is 1. The third-order valence-electron chi connectivity index (χ3n) is 6.01. The summed E-state index contributed by atoms with van der Waals surface area (Å²) in [5, 5.41) is 14.9. The van der Waals surface area contributed by atoms with Crippen LogP contribution < -0.4 is 5.32 Å². The number of sulfonamides is 1. The van der Waals surface area contributed by atoms with E-state index in [9.17, 15) is 18.5 Å². The van der Waals surface area contributed by atoms with Crippen LogP contribution in [-0.2, 0) is 10.0 Å². The van der Waals surface area contributed by atoms with E-state index in [0.717, 1.165) is 45.2 Å². The van der Waals surface area contributed by atoms with Crippen LogP contribution in [0, 0.1) is 10.1 Å². The largest absolute Gasteiger partial charge is 0.375 e. The first kappa shape index (κ1) is 19.6. The van der Waals surface area contributed by atoms with Gasteiger partial charge >= 0.3 is 0 Å². The second kappa shape index (κ2) is 7.96. The van der Waals surface area contributed by atoms with Crippen molar-refractivity contribution in [3.05, 3.63) is 28.3 Å². The summed E-state index contributed by atoms with van der Waals surface area (Å²) in [5.74, 6) is 0. The van der Waals surface area contributed by atoms with Crippen LogP contribution in [0.2, 0.25) is 0 Å². The van der Waals surface area contributed by atoms with E-state index in [0.29, 0.717) is 24.8 Å². The molecule has 0 radical (unpaired) electrons. The average molecular weight is 409 g/mol. The van der Waals surface area contributed by atoms with Crippen molar-refractivity contribution in [2.45, 2.75) is 61.9 Å². The van der Waals surface area contributed by atoms with Gasteiger partial charge in [-0.1, -0.05) is 12.8 Å². The van der Waals surface area contributed by atoms with Gasteiger partial charge in [-0.05, 0) is 44.2 Å². The van der Waals surface area contributed by atoms with Gasteiger partial charge in [-0.15, -0.1) is 0 Å². The second-order valence-electron chi connectivity index (χ2n) is 8.11. The summed E-state index contributed by atoms with van der Waals surface area (Å²) in [6.07, 6.45) is 7.15. The first-order chi connectivity index (χ1) is 13.4. The predicted octanol–water partition coefficient (Wildman–Crippen LogP) is 2.81. The number of nitrogens with one attached hydrogen (secondary N) is 1. The highest BCUT2D eigenvalue weighted by Gasteiger charge is 2.35. The van der Waals surface area contributed by atoms with Gasteiger partial charge in [-0.3, -0.25) is 15.0 Å². The van der Waals surface area contributed by atoms with E-state index < -0.39 is 14.9 Å². The topological polar surface area (TPSA) is 95.8 Å². The minimum atomic E-state index is -3.70. The highest BCUT2D eigenvalue weighted by molar-refractivity contribution is 7.89. The Bertz CT molecular complexity index is 832. The monoisotopic (exact) mass is 408 g/mol. The molecule has 28 heavy (non-hydrogen) atoms. The second-order valence-corrected chi connectivity index (χ2v) is 10.0. The molecule has 2 saturated heterocycles. The Kier molecular flexibility index (Phi) is 5.57. The number of likely N-dealkylation sites (tertiary alicyclic amines) is 1. The number of nitrogens with zero attached hydrogens (tertiary/aromatic N) is 3. The maximum Gasteiger partial charge on any atom is 0.293 e. The lowest BCUT2D eigenvalue weighted by atomic mass is 10.2. The molecule has 1 saturated carbocycles. The SMILES string of the molecule is O=[N+]([O-])c1cc(S(=O)(=O)N2CCCCCC2)ccc1NC1CCN(C2CC2)C1. The molecule has 0 bridgehead atoms. The smallest absolute Gasteiger partial charge is 0.293 e. The number of benzene rings is 1. The molecule has 1 aromatic carbocycles. The Labute approximate surface area is 166 Å². The normalized spacial score (nSPS) is 24.8. The van der Waals surface area contributed by atoms with Crippen molar-refractivity contribution in [2.24, 2.45) is 0 Å². The van der Waals surface area contributed by atoms with Gasteiger partial charge in [-0.25, -0.2) is 8.42 Å². The van der Waals surface area contributed by atoms with Crippen molar-refractivity contribution < 1.29 is 13.3 Å². The Morgan fingerprint density at radius 1 is 1.04 bits per heavy atom. The van der Waals surface area contributed by atoms with Crippen molar-refractivity contribution in [2.75, 3.05) is 31.5 Å². The molecule has 1 aromatic rings. The molecule has 8 nitrogen and oxygen atoms in total. The van der Waals surface area contributed by atoms with Crippen molar-refractivity contribution in [3.63, 3.8) is 0 Å². The molecule has 0 spiro atoms. The molecule has 2 aliphatic heterocycles. The van der Waals surface area contributed by atoms with Crippen LogP contribution in [0.5, 0.6) is 0 Å².